The molecule has 1 aromatic carbocycles. The van der Waals surface area contributed by atoms with Crippen molar-refractivity contribution >= 4 is 11.8 Å². The topological polar surface area (TPSA) is 118 Å². The van der Waals surface area contributed by atoms with Crippen LogP contribution in [0, 0.1) is 17.0 Å². The maximum absolute atomic E-state index is 14.1. The van der Waals surface area contributed by atoms with Crippen LogP contribution < -0.4 is 5.32 Å². The van der Waals surface area contributed by atoms with E-state index in [1.165, 1.54) is 17.2 Å². The van der Waals surface area contributed by atoms with E-state index in [1.54, 1.807) is 28.7 Å². The number of aliphatic hydroxyl groups is 1. The van der Waals surface area contributed by atoms with Gasteiger partial charge in [-0.15, -0.1) is 5.10 Å². The summed E-state index contributed by atoms with van der Waals surface area (Å²) in [6, 6.07) is 0.717. The highest BCUT2D eigenvalue weighted by atomic mass is 19.2. The van der Waals surface area contributed by atoms with Gasteiger partial charge in [-0.25, -0.2) is 18.4 Å². The summed E-state index contributed by atoms with van der Waals surface area (Å²) in [7, 11) is 1.72. The Labute approximate surface area is 225 Å². The van der Waals surface area contributed by atoms with Gasteiger partial charge in [-0.3, -0.25) is 9.59 Å². The molecular weight excluding hydrogens is 508 g/mol. The highest BCUT2D eigenvalue weighted by Gasteiger charge is 2.46. The van der Waals surface area contributed by atoms with Crippen LogP contribution in [0.15, 0.2) is 36.8 Å². The summed E-state index contributed by atoms with van der Waals surface area (Å²) in [6.07, 6.45) is 6.22. The lowest BCUT2D eigenvalue weighted by Gasteiger charge is -2.35. The van der Waals surface area contributed by atoms with Crippen LogP contribution >= 0.6 is 0 Å². The number of halogens is 2. The smallest absolute Gasteiger partial charge is 0.248 e. The Morgan fingerprint density at radius 1 is 1.18 bits per heavy atom. The highest BCUT2D eigenvalue weighted by Crippen LogP contribution is 2.40. The molecule has 0 spiro atoms. The molecule has 1 saturated carbocycles. The molecule has 0 radical (unpaired) electrons. The molecular formula is C27H33F2N7O3. The first-order chi connectivity index (χ1) is 18.4. The highest BCUT2D eigenvalue weighted by molar-refractivity contribution is 5.90. The van der Waals surface area contributed by atoms with E-state index < -0.39 is 47.2 Å². The second-order valence-electron chi connectivity index (χ2n) is 11.6. The van der Waals surface area contributed by atoms with Crippen LogP contribution in [0.5, 0.6) is 0 Å². The third kappa shape index (κ3) is 5.42. The fourth-order valence-electron chi connectivity index (χ4n) is 5.21. The molecule has 3 unspecified atom stereocenters. The van der Waals surface area contributed by atoms with E-state index in [2.05, 4.69) is 20.6 Å². The number of rotatable bonds is 7. The molecule has 2 fully saturated rings. The Kier molecular flexibility index (Phi) is 7.00. The van der Waals surface area contributed by atoms with E-state index in [0.29, 0.717) is 11.7 Å². The van der Waals surface area contributed by atoms with Crippen LogP contribution in [0.1, 0.15) is 75.1 Å². The molecule has 39 heavy (non-hydrogen) atoms. The number of likely N-dealkylation sites (tertiary alicyclic amines) is 1. The average molecular weight is 542 g/mol. The summed E-state index contributed by atoms with van der Waals surface area (Å²) >= 11 is 0. The molecule has 2 aromatic heterocycles. The van der Waals surface area contributed by atoms with E-state index in [-0.39, 0.29) is 24.4 Å². The van der Waals surface area contributed by atoms with E-state index in [4.69, 9.17) is 0 Å². The molecule has 1 aliphatic carbocycles. The van der Waals surface area contributed by atoms with Crippen molar-refractivity contribution in [1.82, 2.24) is 34.8 Å². The number of hydrogen-bond acceptors (Lipinski definition) is 6. The monoisotopic (exact) mass is 541 g/mol. The van der Waals surface area contributed by atoms with Crippen molar-refractivity contribution in [2.75, 3.05) is 6.54 Å². The molecule has 10 nitrogen and oxygen atoms in total. The predicted molar refractivity (Wildman–Crippen MR) is 136 cm³/mol. The van der Waals surface area contributed by atoms with Crippen molar-refractivity contribution < 1.29 is 23.5 Å². The summed E-state index contributed by atoms with van der Waals surface area (Å²) in [4.78, 5) is 33.4. The zero-order valence-electron chi connectivity index (χ0n) is 22.4. The number of β-amino-alcohol motifs (C(OH)–C–C–N with tert-alkyl or cyclic N) is 1. The molecule has 3 heterocycles. The van der Waals surface area contributed by atoms with Gasteiger partial charge in [-0.05, 0) is 36.0 Å². The quantitative estimate of drug-likeness (QED) is 0.475. The Bertz CT molecular complexity index is 1380. The standard InChI is InChI=1S/C27H33F2N7O3/c1-27(2,3)23(36-14-20(32-33-36)15-5-6-15)26(39)35-13-17(37)12-21(35)25(38)31-22(24-30-9-10-34(24)4)16-7-8-18(28)19(29)11-16/h7-11,14-15,17,21-23,37H,5-6,12-13H2,1-4H3,(H,31,38)/t17?,21?,22?,23-/m1/s1. The number of amides is 2. The molecule has 3 aromatic rings. The minimum absolute atomic E-state index is 0.0219. The van der Waals surface area contributed by atoms with Crippen LogP contribution in [-0.4, -0.2) is 65.1 Å². The first kappa shape index (κ1) is 26.9. The molecule has 1 saturated heterocycles. The number of imidazole rings is 1. The van der Waals surface area contributed by atoms with Gasteiger partial charge < -0.3 is 19.9 Å². The predicted octanol–water partition coefficient (Wildman–Crippen LogP) is 2.62. The molecule has 2 amide bonds. The van der Waals surface area contributed by atoms with Crippen molar-refractivity contribution in [3.8, 4) is 0 Å². The third-order valence-electron chi connectivity index (χ3n) is 7.39. The Balaban J connectivity index is 1.43. The van der Waals surface area contributed by atoms with E-state index in [1.807, 2.05) is 20.8 Å². The van der Waals surface area contributed by atoms with Crippen LogP contribution in [0.2, 0.25) is 0 Å². The summed E-state index contributed by atoms with van der Waals surface area (Å²) in [5.74, 6) is -2.20. The largest absolute Gasteiger partial charge is 0.391 e. The Morgan fingerprint density at radius 2 is 1.92 bits per heavy atom. The second-order valence-corrected chi connectivity index (χ2v) is 11.6. The lowest BCUT2D eigenvalue weighted by molar-refractivity contribution is -0.144. The number of benzene rings is 1. The third-order valence-corrected chi connectivity index (χ3v) is 7.39. The zero-order chi connectivity index (χ0) is 28.1. The van der Waals surface area contributed by atoms with Crippen LogP contribution in [0.25, 0.3) is 0 Å². The normalized spacial score (nSPS) is 21.2. The van der Waals surface area contributed by atoms with Gasteiger partial charge in [-0.1, -0.05) is 32.1 Å². The molecule has 4 atom stereocenters. The van der Waals surface area contributed by atoms with Gasteiger partial charge in [0, 0.05) is 44.5 Å². The van der Waals surface area contributed by atoms with Crippen LogP contribution in [-0.2, 0) is 16.6 Å². The maximum Gasteiger partial charge on any atom is 0.248 e. The fourth-order valence-corrected chi connectivity index (χ4v) is 5.21. The van der Waals surface area contributed by atoms with E-state index in [0.717, 1.165) is 30.7 Å². The van der Waals surface area contributed by atoms with Gasteiger partial charge in [-0.2, -0.15) is 0 Å². The van der Waals surface area contributed by atoms with E-state index in [9.17, 15) is 23.5 Å². The lowest BCUT2D eigenvalue weighted by atomic mass is 9.85. The molecule has 12 heteroatoms. The second kappa shape index (κ2) is 10.1. The van der Waals surface area contributed by atoms with Crippen molar-refractivity contribution in [3.05, 3.63) is 65.5 Å². The average Bonchev–Trinajstić information content (AvgIpc) is 3.24. The summed E-state index contributed by atoms with van der Waals surface area (Å²) in [6.45, 7) is 5.72. The number of aryl methyl sites for hydroxylation is 1. The number of nitrogens with zero attached hydrogens (tertiary/aromatic N) is 6. The zero-order valence-corrected chi connectivity index (χ0v) is 22.4. The number of nitrogens with one attached hydrogen (secondary N) is 1. The summed E-state index contributed by atoms with van der Waals surface area (Å²) in [5.41, 5.74) is 0.564. The molecule has 2 N–H and O–H groups in total. The minimum Gasteiger partial charge on any atom is -0.391 e. The van der Waals surface area contributed by atoms with Gasteiger partial charge in [0.25, 0.3) is 0 Å². The van der Waals surface area contributed by atoms with Gasteiger partial charge in [0.05, 0.1) is 11.8 Å². The van der Waals surface area contributed by atoms with Crippen molar-refractivity contribution in [1.29, 1.82) is 0 Å². The van der Waals surface area contributed by atoms with Crippen LogP contribution in [0.3, 0.4) is 0 Å². The summed E-state index contributed by atoms with van der Waals surface area (Å²) < 4.78 is 31.0. The van der Waals surface area contributed by atoms with Crippen molar-refractivity contribution in [2.45, 2.75) is 70.2 Å². The lowest BCUT2D eigenvalue weighted by Crippen LogP contribution is -2.51. The number of aromatic nitrogens is 5. The molecule has 208 valence electrons. The first-order valence-corrected chi connectivity index (χ1v) is 13.1. The number of aliphatic hydroxyl groups excluding tert-OH is 1. The molecule has 2 aliphatic rings. The van der Waals surface area contributed by atoms with Crippen molar-refractivity contribution in [3.63, 3.8) is 0 Å². The van der Waals surface area contributed by atoms with Crippen LogP contribution in [0.4, 0.5) is 8.78 Å². The number of hydrogen-bond donors (Lipinski definition) is 2. The minimum atomic E-state index is -1.06. The fraction of sp³-hybridized carbons (Fsp3) is 0.519. The van der Waals surface area contributed by atoms with Gasteiger partial charge in [0.1, 0.15) is 23.9 Å². The van der Waals surface area contributed by atoms with E-state index >= 15 is 0 Å². The van der Waals surface area contributed by atoms with Gasteiger partial charge in [0.15, 0.2) is 11.6 Å². The first-order valence-electron chi connectivity index (χ1n) is 13.1. The Hall–Kier alpha value is -3.67. The SMILES string of the molecule is Cn1ccnc1C(NC(=O)C1CC(O)CN1C(=O)[C@@H](n1cc(C2CC2)nn1)C(C)(C)C)c1ccc(F)c(F)c1. The molecule has 0 bridgehead atoms. The molecule has 1 aliphatic heterocycles. The maximum atomic E-state index is 14.1. The molecule has 5 rings (SSSR count). The number of carbonyl (C=O) groups is 2. The number of carbonyl (C=O) groups excluding carboxylic acids is 2. The van der Waals surface area contributed by atoms with Gasteiger partial charge in [0.2, 0.25) is 11.8 Å². The summed E-state index contributed by atoms with van der Waals surface area (Å²) in [5, 5.41) is 21.9. The Morgan fingerprint density at radius 3 is 2.54 bits per heavy atom. The van der Waals surface area contributed by atoms with Crippen molar-refractivity contribution in [2.24, 2.45) is 12.5 Å². The van der Waals surface area contributed by atoms with Gasteiger partial charge >= 0.3 is 0 Å².